The van der Waals surface area contributed by atoms with Gasteiger partial charge in [-0.3, -0.25) is 9.59 Å². The highest BCUT2D eigenvalue weighted by Crippen LogP contribution is 2.34. The quantitative estimate of drug-likeness (QED) is 0.864. The Balaban J connectivity index is 2.27. The summed E-state index contributed by atoms with van der Waals surface area (Å²) < 4.78 is 0. The molecule has 1 aliphatic heterocycles. The van der Waals surface area contributed by atoms with E-state index in [2.05, 4.69) is 4.98 Å². The first-order chi connectivity index (χ1) is 9.89. The number of rotatable bonds is 3. The van der Waals surface area contributed by atoms with E-state index in [-0.39, 0.29) is 28.3 Å². The highest BCUT2D eigenvalue weighted by molar-refractivity contribution is 6.34. The second-order valence-electron chi connectivity index (χ2n) is 5.23. The van der Waals surface area contributed by atoms with Crippen molar-refractivity contribution in [3.05, 3.63) is 28.0 Å². The maximum Gasteiger partial charge on any atom is 0.311 e. The average molecular weight is 331 g/mol. The average Bonchev–Trinajstić information content (AvgIpc) is 2.48. The third-order valence-corrected chi connectivity index (χ3v) is 4.52. The van der Waals surface area contributed by atoms with Gasteiger partial charge in [-0.15, -0.1) is 0 Å². The molecule has 0 bridgehead atoms. The van der Waals surface area contributed by atoms with Gasteiger partial charge < -0.3 is 10.0 Å². The minimum absolute atomic E-state index is 0.0708. The number of nitrogens with zero attached hydrogens (tertiary/aromatic N) is 2. The fourth-order valence-electron chi connectivity index (χ4n) is 2.64. The Morgan fingerprint density at radius 3 is 2.76 bits per heavy atom. The van der Waals surface area contributed by atoms with Crippen LogP contribution in [0.15, 0.2) is 12.1 Å². The molecule has 0 aromatic carbocycles. The van der Waals surface area contributed by atoms with Crippen molar-refractivity contribution in [3.8, 4) is 0 Å². The van der Waals surface area contributed by atoms with Crippen molar-refractivity contribution >= 4 is 35.1 Å². The summed E-state index contributed by atoms with van der Waals surface area (Å²) >= 11 is 11.8. The monoisotopic (exact) mass is 330 g/mol. The SMILES string of the molecule is CCC1(C(=O)O)CCCN(C(=O)c2nc(Cl)ccc2Cl)C1. The van der Waals surface area contributed by atoms with Crippen LogP contribution in [0.25, 0.3) is 0 Å². The fourth-order valence-corrected chi connectivity index (χ4v) is 2.97. The van der Waals surface area contributed by atoms with Gasteiger partial charge in [0.05, 0.1) is 10.4 Å². The summed E-state index contributed by atoms with van der Waals surface area (Å²) in [5.41, 5.74) is -0.819. The van der Waals surface area contributed by atoms with Gasteiger partial charge in [-0.05, 0) is 31.4 Å². The first-order valence-electron chi connectivity index (χ1n) is 6.74. The van der Waals surface area contributed by atoms with E-state index in [9.17, 15) is 14.7 Å². The molecule has 21 heavy (non-hydrogen) atoms. The predicted octanol–water partition coefficient (Wildman–Crippen LogP) is 3.11. The standard InChI is InChI=1S/C14H16Cl2N2O3/c1-2-14(13(20)21)6-3-7-18(8-14)12(19)11-9(15)4-5-10(16)17-11/h4-5H,2-3,6-8H2,1H3,(H,20,21). The molecular weight excluding hydrogens is 315 g/mol. The highest BCUT2D eigenvalue weighted by Gasteiger charge is 2.42. The van der Waals surface area contributed by atoms with Crippen LogP contribution >= 0.6 is 23.2 Å². The number of carbonyl (C=O) groups is 2. The smallest absolute Gasteiger partial charge is 0.311 e. The second kappa shape index (κ2) is 6.20. The molecule has 0 aliphatic carbocycles. The predicted molar refractivity (Wildman–Crippen MR) is 79.8 cm³/mol. The summed E-state index contributed by atoms with van der Waals surface area (Å²) in [5, 5.41) is 9.85. The molecule has 1 aromatic heterocycles. The first kappa shape index (κ1) is 16.0. The number of pyridine rings is 1. The normalized spacial score (nSPS) is 22.1. The van der Waals surface area contributed by atoms with E-state index < -0.39 is 11.4 Å². The van der Waals surface area contributed by atoms with E-state index in [0.717, 1.165) is 0 Å². The molecule has 1 N–H and O–H groups in total. The Labute approximate surface area is 132 Å². The van der Waals surface area contributed by atoms with Crippen molar-refractivity contribution in [2.45, 2.75) is 26.2 Å². The van der Waals surface area contributed by atoms with Crippen molar-refractivity contribution in [1.82, 2.24) is 9.88 Å². The molecule has 0 radical (unpaired) electrons. The fraction of sp³-hybridized carbons (Fsp3) is 0.500. The van der Waals surface area contributed by atoms with Crippen LogP contribution in [0.5, 0.6) is 0 Å². The molecule has 0 spiro atoms. The van der Waals surface area contributed by atoms with Crippen LogP contribution in [0.4, 0.5) is 0 Å². The molecule has 7 heteroatoms. The molecule has 1 amide bonds. The molecule has 5 nitrogen and oxygen atoms in total. The van der Waals surface area contributed by atoms with Crippen LogP contribution in [-0.4, -0.2) is 40.0 Å². The molecule has 1 atom stereocenters. The maximum absolute atomic E-state index is 12.5. The molecule has 114 valence electrons. The lowest BCUT2D eigenvalue weighted by Gasteiger charge is -2.39. The zero-order valence-corrected chi connectivity index (χ0v) is 13.1. The van der Waals surface area contributed by atoms with E-state index in [1.807, 2.05) is 6.92 Å². The molecule has 1 fully saturated rings. The number of hydrogen-bond donors (Lipinski definition) is 1. The molecule has 1 aromatic rings. The first-order valence-corrected chi connectivity index (χ1v) is 7.50. The van der Waals surface area contributed by atoms with E-state index >= 15 is 0 Å². The number of carboxylic acids is 1. The van der Waals surface area contributed by atoms with Crippen molar-refractivity contribution in [3.63, 3.8) is 0 Å². The summed E-state index contributed by atoms with van der Waals surface area (Å²) in [4.78, 5) is 29.5. The summed E-state index contributed by atoms with van der Waals surface area (Å²) in [6, 6.07) is 3.02. The number of aromatic nitrogens is 1. The zero-order valence-electron chi connectivity index (χ0n) is 11.6. The van der Waals surface area contributed by atoms with Gasteiger partial charge in [0.25, 0.3) is 5.91 Å². The lowest BCUT2D eigenvalue weighted by molar-refractivity contribution is -0.152. The zero-order chi connectivity index (χ0) is 15.6. The van der Waals surface area contributed by atoms with Crippen LogP contribution in [-0.2, 0) is 4.79 Å². The number of likely N-dealkylation sites (tertiary alicyclic amines) is 1. The van der Waals surface area contributed by atoms with E-state index in [1.54, 1.807) is 0 Å². The van der Waals surface area contributed by atoms with Gasteiger partial charge in [-0.25, -0.2) is 4.98 Å². The number of piperidine rings is 1. The highest BCUT2D eigenvalue weighted by atomic mass is 35.5. The molecule has 0 saturated carbocycles. The lowest BCUT2D eigenvalue weighted by atomic mass is 9.77. The maximum atomic E-state index is 12.5. The lowest BCUT2D eigenvalue weighted by Crippen LogP contribution is -2.49. The van der Waals surface area contributed by atoms with Gasteiger partial charge >= 0.3 is 5.97 Å². The number of carbonyl (C=O) groups excluding carboxylic acids is 1. The van der Waals surface area contributed by atoms with Crippen LogP contribution in [0, 0.1) is 5.41 Å². The minimum Gasteiger partial charge on any atom is -0.481 e. The van der Waals surface area contributed by atoms with Crippen LogP contribution in [0.3, 0.4) is 0 Å². The molecule has 2 heterocycles. The van der Waals surface area contributed by atoms with Crippen molar-refractivity contribution < 1.29 is 14.7 Å². The van der Waals surface area contributed by atoms with Gasteiger partial charge in [0.2, 0.25) is 0 Å². The van der Waals surface area contributed by atoms with Crippen LogP contribution < -0.4 is 0 Å². The number of amides is 1. The van der Waals surface area contributed by atoms with Gasteiger partial charge in [0.1, 0.15) is 10.8 Å². The Morgan fingerprint density at radius 2 is 2.14 bits per heavy atom. The second-order valence-corrected chi connectivity index (χ2v) is 6.03. The molecule has 1 saturated heterocycles. The Morgan fingerprint density at radius 1 is 1.43 bits per heavy atom. The van der Waals surface area contributed by atoms with Gasteiger partial charge in [-0.1, -0.05) is 30.1 Å². The largest absolute Gasteiger partial charge is 0.481 e. The van der Waals surface area contributed by atoms with Crippen molar-refractivity contribution in [2.24, 2.45) is 5.41 Å². The van der Waals surface area contributed by atoms with Crippen LogP contribution in [0.1, 0.15) is 36.7 Å². The summed E-state index contributed by atoms with van der Waals surface area (Å²) in [5.74, 6) is -1.24. The van der Waals surface area contributed by atoms with Crippen molar-refractivity contribution in [2.75, 3.05) is 13.1 Å². The number of carboxylic acid groups (broad SMARTS) is 1. The minimum atomic E-state index is -0.890. The Kier molecular flexibility index (Phi) is 4.74. The van der Waals surface area contributed by atoms with E-state index in [4.69, 9.17) is 23.2 Å². The van der Waals surface area contributed by atoms with Gasteiger partial charge in [0, 0.05) is 13.1 Å². The molecule has 1 aliphatic rings. The molecule has 2 rings (SSSR count). The van der Waals surface area contributed by atoms with E-state index in [0.29, 0.717) is 25.8 Å². The molecular formula is C14H16Cl2N2O3. The Bertz CT molecular complexity index is 579. The summed E-state index contributed by atoms with van der Waals surface area (Å²) in [7, 11) is 0. The van der Waals surface area contributed by atoms with Crippen molar-refractivity contribution in [1.29, 1.82) is 0 Å². The van der Waals surface area contributed by atoms with Gasteiger partial charge in [0.15, 0.2) is 0 Å². The summed E-state index contributed by atoms with van der Waals surface area (Å²) in [6.45, 7) is 2.49. The number of halogens is 2. The third-order valence-electron chi connectivity index (χ3n) is 4.01. The van der Waals surface area contributed by atoms with Gasteiger partial charge in [-0.2, -0.15) is 0 Å². The molecule has 1 unspecified atom stereocenters. The number of aliphatic carboxylic acids is 1. The number of hydrogen-bond acceptors (Lipinski definition) is 3. The third kappa shape index (κ3) is 3.14. The Hall–Kier alpha value is -1.33. The van der Waals surface area contributed by atoms with Crippen LogP contribution in [0.2, 0.25) is 10.2 Å². The summed E-state index contributed by atoms with van der Waals surface area (Å²) in [6.07, 6.45) is 1.69. The topological polar surface area (TPSA) is 70.5 Å². The van der Waals surface area contributed by atoms with E-state index in [1.165, 1.54) is 17.0 Å².